The second-order valence-electron chi connectivity index (χ2n) is 7.47. The summed E-state index contributed by atoms with van der Waals surface area (Å²) in [6.45, 7) is 3.50. The lowest BCUT2D eigenvalue weighted by molar-refractivity contribution is 0.0536. The van der Waals surface area contributed by atoms with Crippen molar-refractivity contribution < 1.29 is 13.6 Å². The van der Waals surface area contributed by atoms with Crippen molar-refractivity contribution in [2.45, 2.75) is 39.2 Å². The number of carbonyl (C=O) groups excluding carboxylic acids is 1. The molecule has 1 fully saturated rings. The molecule has 0 atom stereocenters. The molecule has 1 heterocycles. The quantitative estimate of drug-likeness (QED) is 0.595. The Kier molecular flexibility index (Phi) is 4.84. The number of alkyl halides is 2. The van der Waals surface area contributed by atoms with Gasteiger partial charge in [-0.15, -0.1) is 0 Å². The zero-order valence-corrected chi connectivity index (χ0v) is 16.0. The molecule has 0 spiro atoms. The number of hydrogen-bond acceptors (Lipinski definition) is 2. The monoisotopic (exact) mass is 380 g/mol. The third-order valence-corrected chi connectivity index (χ3v) is 5.19. The van der Waals surface area contributed by atoms with Gasteiger partial charge in [0.05, 0.1) is 23.3 Å². The summed E-state index contributed by atoms with van der Waals surface area (Å²) in [5, 5.41) is 0.695. The van der Waals surface area contributed by atoms with Crippen molar-refractivity contribution >= 4 is 16.8 Å². The van der Waals surface area contributed by atoms with Gasteiger partial charge in [-0.1, -0.05) is 42.0 Å². The highest BCUT2D eigenvalue weighted by Gasteiger charge is 2.35. The zero-order valence-electron chi connectivity index (χ0n) is 16.0. The summed E-state index contributed by atoms with van der Waals surface area (Å²) >= 11 is 0. The van der Waals surface area contributed by atoms with E-state index in [1.54, 1.807) is 6.07 Å². The molecule has 0 saturated heterocycles. The molecule has 1 aromatic heterocycles. The van der Waals surface area contributed by atoms with Crippen LogP contribution in [-0.2, 0) is 0 Å². The second-order valence-corrected chi connectivity index (χ2v) is 7.47. The minimum atomic E-state index is -2.54. The van der Waals surface area contributed by atoms with Gasteiger partial charge in [0.1, 0.15) is 0 Å². The van der Waals surface area contributed by atoms with Gasteiger partial charge in [-0.3, -0.25) is 4.79 Å². The number of aromatic nitrogens is 1. The van der Waals surface area contributed by atoms with E-state index in [-0.39, 0.29) is 11.9 Å². The van der Waals surface area contributed by atoms with E-state index in [1.165, 1.54) is 4.90 Å². The maximum absolute atomic E-state index is 13.3. The van der Waals surface area contributed by atoms with Gasteiger partial charge in [0.2, 0.25) is 0 Å². The summed E-state index contributed by atoms with van der Waals surface area (Å²) in [4.78, 5) is 19.3. The standard InChI is InChI=1S/C23H22F2N2O/c1-14-7-10-17(15(2)11-14)21-12-19(18-5-3-4-6-20(18)26-21)23(28)27(13-22(24)25)16-8-9-16/h3-7,10-12,16,22H,8-9,13H2,1-2H3. The summed E-state index contributed by atoms with van der Waals surface area (Å²) in [6.07, 6.45) is -0.979. The number of fused-ring (bicyclic) bond motifs is 1. The molecule has 1 aliphatic rings. The van der Waals surface area contributed by atoms with Crippen LogP contribution in [0.4, 0.5) is 8.78 Å². The number of para-hydroxylation sites is 1. The summed E-state index contributed by atoms with van der Waals surface area (Å²) in [5.41, 5.74) is 4.97. The van der Waals surface area contributed by atoms with Crippen molar-refractivity contribution in [2.75, 3.05) is 6.54 Å². The predicted molar refractivity (Wildman–Crippen MR) is 107 cm³/mol. The normalized spacial score (nSPS) is 13.9. The molecule has 0 aliphatic heterocycles. The van der Waals surface area contributed by atoms with Gasteiger partial charge in [-0.25, -0.2) is 13.8 Å². The molecule has 5 heteroatoms. The number of carbonyl (C=O) groups is 1. The van der Waals surface area contributed by atoms with Crippen LogP contribution >= 0.6 is 0 Å². The first kappa shape index (κ1) is 18.5. The number of pyridine rings is 1. The van der Waals surface area contributed by atoms with E-state index >= 15 is 0 Å². The molecular weight excluding hydrogens is 358 g/mol. The lowest BCUT2D eigenvalue weighted by Gasteiger charge is -2.23. The van der Waals surface area contributed by atoms with Gasteiger partial charge in [-0.05, 0) is 44.4 Å². The Hall–Kier alpha value is -2.82. The van der Waals surface area contributed by atoms with E-state index in [0.29, 0.717) is 22.2 Å². The first-order chi connectivity index (χ1) is 13.4. The van der Waals surface area contributed by atoms with Crippen LogP contribution in [0.5, 0.6) is 0 Å². The largest absolute Gasteiger partial charge is 0.330 e. The summed E-state index contributed by atoms with van der Waals surface area (Å²) in [7, 11) is 0. The van der Waals surface area contributed by atoms with Crippen molar-refractivity contribution in [1.29, 1.82) is 0 Å². The number of hydrogen-bond donors (Lipinski definition) is 0. The number of benzene rings is 2. The van der Waals surface area contributed by atoms with Crippen molar-refractivity contribution in [3.05, 3.63) is 65.2 Å². The third kappa shape index (κ3) is 3.61. The minimum absolute atomic E-state index is 0.0852. The van der Waals surface area contributed by atoms with Crippen LogP contribution in [0, 0.1) is 13.8 Å². The van der Waals surface area contributed by atoms with Gasteiger partial charge in [0.15, 0.2) is 0 Å². The Balaban J connectivity index is 1.86. The van der Waals surface area contributed by atoms with Gasteiger partial charge < -0.3 is 4.90 Å². The Labute approximate surface area is 163 Å². The lowest BCUT2D eigenvalue weighted by Crippen LogP contribution is -2.37. The number of aryl methyl sites for hydroxylation is 2. The van der Waals surface area contributed by atoms with Crippen LogP contribution in [0.3, 0.4) is 0 Å². The molecule has 3 aromatic rings. The Morgan fingerprint density at radius 3 is 2.57 bits per heavy atom. The highest BCUT2D eigenvalue weighted by atomic mass is 19.3. The van der Waals surface area contributed by atoms with Gasteiger partial charge >= 0.3 is 0 Å². The Morgan fingerprint density at radius 2 is 1.89 bits per heavy atom. The van der Waals surface area contributed by atoms with Gasteiger partial charge in [-0.2, -0.15) is 0 Å². The topological polar surface area (TPSA) is 33.2 Å². The molecule has 0 radical (unpaired) electrons. The Bertz CT molecular complexity index is 1040. The molecule has 3 nitrogen and oxygen atoms in total. The number of amides is 1. The van der Waals surface area contributed by atoms with E-state index in [2.05, 4.69) is 6.07 Å². The molecule has 1 saturated carbocycles. The molecule has 1 aliphatic carbocycles. The van der Waals surface area contributed by atoms with Gasteiger partial charge in [0.25, 0.3) is 12.3 Å². The van der Waals surface area contributed by atoms with E-state index in [0.717, 1.165) is 29.5 Å². The first-order valence-electron chi connectivity index (χ1n) is 9.50. The van der Waals surface area contributed by atoms with Crippen molar-refractivity contribution in [1.82, 2.24) is 9.88 Å². The maximum atomic E-state index is 13.3. The highest BCUT2D eigenvalue weighted by Crippen LogP contribution is 2.32. The average molecular weight is 380 g/mol. The molecule has 0 unspecified atom stereocenters. The van der Waals surface area contributed by atoms with Crippen LogP contribution in [0.2, 0.25) is 0 Å². The fourth-order valence-electron chi connectivity index (χ4n) is 3.68. The van der Waals surface area contributed by atoms with Gasteiger partial charge in [0, 0.05) is 17.0 Å². The third-order valence-electron chi connectivity index (χ3n) is 5.19. The van der Waals surface area contributed by atoms with Crippen molar-refractivity contribution in [2.24, 2.45) is 0 Å². The molecule has 2 aromatic carbocycles. The number of rotatable bonds is 5. The van der Waals surface area contributed by atoms with E-state index in [1.807, 2.05) is 50.2 Å². The molecule has 28 heavy (non-hydrogen) atoms. The summed E-state index contributed by atoms with van der Waals surface area (Å²) in [5.74, 6) is -0.340. The summed E-state index contributed by atoms with van der Waals surface area (Å²) in [6, 6.07) is 15.1. The lowest BCUT2D eigenvalue weighted by atomic mass is 9.99. The van der Waals surface area contributed by atoms with Crippen LogP contribution in [-0.4, -0.2) is 34.8 Å². The molecular formula is C23H22F2N2O. The predicted octanol–water partition coefficient (Wildman–Crippen LogP) is 5.39. The fraction of sp³-hybridized carbons (Fsp3) is 0.304. The zero-order chi connectivity index (χ0) is 19.8. The number of halogens is 2. The van der Waals surface area contributed by atoms with Crippen molar-refractivity contribution in [3.8, 4) is 11.3 Å². The van der Waals surface area contributed by atoms with Crippen LogP contribution in [0.25, 0.3) is 22.2 Å². The summed E-state index contributed by atoms with van der Waals surface area (Å²) < 4.78 is 26.2. The Morgan fingerprint density at radius 1 is 1.14 bits per heavy atom. The molecule has 1 amide bonds. The van der Waals surface area contributed by atoms with Crippen LogP contribution in [0.1, 0.15) is 34.3 Å². The maximum Gasteiger partial charge on any atom is 0.255 e. The number of nitrogens with zero attached hydrogens (tertiary/aromatic N) is 2. The SMILES string of the molecule is Cc1ccc(-c2cc(C(=O)N(CC(F)F)C3CC3)c3ccccc3n2)c(C)c1. The second kappa shape index (κ2) is 7.30. The molecule has 0 N–H and O–H groups in total. The smallest absolute Gasteiger partial charge is 0.255 e. The average Bonchev–Trinajstić information content (AvgIpc) is 3.49. The van der Waals surface area contributed by atoms with Crippen LogP contribution < -0.4 is 0 Å². The van der Waals surface area contributed by atoms with E-state index < -0.39 is 13.0 Å². The van der Waals surface area contributed by atoms with Crippen molar-refractivity contribution in [3.63, 3.8) is 0 Å². The molecule has 144 valence electrons. The van der Waals surface area contributed by atoms with E-state index in [4.69, 9.17) is 4.98 Å². The molecule has 4 rings (SSSR count). The first-order valence-corrected chi connectivity index (χ1v) is 9.50. The van der Waals surface area contributed by atoms with E-state index in [9.17, 15) is 13.6 Å². The van der Waals surface area contributed by atoms with Crippen LogP contribution in [0.15, 0.2) is 48.5 Å². The fourth-order valence-corrected chi connectivity index (χ4v) is 3.68. The highest BCUT2D eigenvalue weighted by molar-refractivity contribution is 6.07. The molecule has 0 bridgehead atoms. The minimum Gasteiger partial charge on any atom is -0.330 e.